The number of sulfonamides is 1. The molecule has 3 rings (SSSR count). The first-order chi connectivity index (χ1) is 9.93. The lowest BCUT2D eigenvalue weighted by atomic mass is 10.2. The zero-order chi connectivity index (χ0) is 15.2. The van der Waals surface area contributed by atoms with Crippen LogP contribution in [0, 0.1) is 0 Å². The van der Waals surface area contributed by atoms with Crippen LogP contribution in [-0.2, 0) is 16.6 Å². The van der Waals surface area contributed by atoms with Gasteiger partial charge in [0, 0.05) is 19.0 Å². The van der Waals surface area contributed by atoms with Crippen LogP contribution in [0.1, 0.15) is 44.4 Å². The van der Waals surface area contributed by atoms with Crippen molar-refractivity contribution in [3.05, 3.63) is 24.2 Å². The average Bonchev–Trinajstić information content (AvgIpc) is 3.08. The van der Waals surface area contributed by atoms with Gasteiger partial charge in [-0.15, -0.1) is 10.2 Å². The Hall–Kier alpha value is -1.74. The van der Waals surface area contributed by atoms with E-state index in [-0.39, 0.29) is 17.0 Å². The molecule has 2 aromatic heterocycles. The third kappa shape index (κ3) is 2.16. The molecule has 8 nitrogen and oxygen atoms in total. The van der Waals surface area contributed by atoms with Crippen LogP contribution in [0.15, 0.2) is 17.6 Å². The number of nitrogens with zero attached hydrogens (tertiary/aromatic N) is 5. The fourth-order valence-corrected chi connectivity index (χ4v) is 4.13. The third-order valence-corrected chi connectivity index (χ3v) is 5.63. The van der Waals surface area contributed by atoms with Crippen LogP contribution >= 0.6 is 0 Å². The van der Waals surface area contributed by atoms with E-state index in [1.165, 1.54) is 16.8 Å². The van der Waals surface area contributed by atoms with Gasteiger partial charge in [0.05, 0.1) is 18.6 Å². The molecule has 0 aromatic carbocycles. The van der Waals surface area contributed by atoms with E-state index in [2.05, 4.69) is 34.0 Å². The zero-order valence-corrected chi connectivity index (χ0v) is 13.0. The predicted molar refractivity (Wildman–Crippen MR) is 75.0 cm³/mol. The summed E-state index contributed by atoms with van der Waals surface area (Å²) in [6.07, 6.45) is 2.68. The molecule has 0 saturated heterocycles. The van der Waals surface area contributed by atoms with Crippen LogP contribution in [-0.4, -0.2) is 44.0 Å². The van der Waals surface area contributed by atoms with Gasteiger partial charge in [0.2, 0.25) is 0 Å². The van der Waals surface area contributed by atoms with Gasteiger partial charge >= 0.3 is 0 Å². The first-order valence-electron chi connectivity index (χ1n) is 6.86. The Labute approximate surface area is 123 Å². The van der Waals surface area contributed by atoms with Crippen molar-refractivity contribution in [2.24, 2.45) is 0 Å². The lowest BCUT2D eigenvalue weighted by Crippen LogP contribution is -2.41. The van der Waals surface area contributed by atoms with Crippen LogP contribution in [0.3, 0.4) is 0 Å². The van der Waals surface area contributed by atoms with Gasteiger partial charge < -0.3 is 9.55 Å². The highest BCUT2D eigenvalue weighted by molar-refractivity contribution is 7.89. The maximum absolute atomic E-state index is 12.6. The van der Waals surface area contributed by atoms with Gasteiger partial charge in [0.25, 0.3) is 10.0 Å². The van der Waals surface area contributed by atoms with Crippen molar-refractivity contribution in [2.45, 2.75) is 44.3 Å². The Bertz CT molecular complexity index is 734. The molecular weight excluding hydrogens is 292 g/mol. The molecule has 0 spiro atoms. The number of hydrogen-bond donors (Lipinski definition) is 1. The highest BCUT2D eigenvalue weighted by atomic mass is 32.2. The lowest BCUT2D eigenvalue weighted by molar-refractivity contribution is 0.271. The van der Waals surface area contributed by atoms with Crippen molar-refractivity contribution in [3.8, 4) is 0 Å². The summed E-state index contributed by atoms with van der Waals surface area (Å²) in [5.74, 6) is 1.85. The summed E-state index contributed by atoms with van der Waals surface area (Å²) in [6, 6.07) is -0.355. The maximum Gasteiger partial charge on any atom is 0.260 e. The molecule has 0 amide bonds. The number of imidazole rings is 1. The highest BCUT2D eigenvalue weighted by Gasteiger charge is 2.37. The number of fused-ring (bicyclic) bond motifs is 1. The second-order valence-electron chi connectivity index (χ2n) is 5.43. The Morgan fingerprint density at radius 1 is 1.33 bits per heavy atom. The molecule has 1 aliphatic heterocycles. The first-order valence-corrected chi connectivity index (χ1v) is 8.30. The normalized spacial score (nSPS) is 19.9. The minimum absolute atomic E-state index is 0.103. The number of rotatable bonds is 3. The minimum Gasteiger partial charge on any atom is -0.335 e. The van der Waals surface area contributed by atoms with Crippen LogP contribution in [0.2, 0.25) is 0 Å². The molecule has 1 aliphatic rings. The number of aromatic nitrogens is 5. The Kier molecular flexibility index (Phi) is 3.33. The predicted octanol–water partition coefficient (Wildman–Crippen LogP) is 0.890. The van der Waals surface area contributed by atoms with Gasteiger partial charge in [0.15, 0.2) is 10.9 Å². The summed E-state index contributed by atoms with van der Waals surface area (Å²) < 4.78 is 28.7. The topological polar surface area (TPSA) is 96.8 Å². The molecule has 0 fully saturated rings. The molecule has 0 bridgehead atoms. The zero-order valence-electron chi connectivity index (χ0n) is 12.2. The van der Waals surface area contributed by atoms with Crippen molar-refractivity contribution in [1.29, 1.82) is 0 Å². The summed E-state index contributed by atoms with van der Waals surface area (Å²) >= 11 is 0. The van der Waals surface area contributed by atoms with Gasteiger partial charge in [-0.05, 0) is 6.92 Å². The van der Waals surface area contributed by atoms with Crippen LogP contribution in [0.5, 0.6) is 0 Å². The van der Waals surface area contributed by atoms with Gasteiger partial charge in [-0.2, -0.15) is 4.31 Å². The number of H-pyrrole nitrogens is 1. The van der Waals surface area contributed by atoms with E-state index in [0.29, 0.717) is 18.9 Å². The van der Waals surface area contributed by atoms with Crippen LogP contribution in [0.25, 0.3) is 0 Å². The molecule has 3 heterocycles. The molecular formula is C12H18N6O2S. The van der Waals surface area contributed by atoms with Gasteiger partial charge in [-0.25, -0.2) is 13.4 Å². The molecule has 0 radical (unpaired) electrons. The van der Waals surface area contributed by atoms with E-state index in [1.807, 2.05) is 11.5 Å². The summed E-state index contributed by atoms with van der Waals surface area (Å²) in [5, 5.41) is 8.49. The fraction of sp³-hybridized carbons (Fsp3) is 0.583. The molecule has 9 heteroatoms. The molecule has 0 aliphatic carbocycles. The fourth-order valence-electron chi connectivity index (χ4n) is 2.65. The Balaban J connectivity index is 1.98. The van der Waals surface area contributed by atoms with E-state index >= 15 is 0 Å². The number of hydrogen-bond acceptors (Lipinski definition) is 5. The van der Waals surface area contributed by atoms with E-state index < -0.39 is 10.0 Å². The Morgan fingerprint density at radius 2 is 2.10 bits per heavy atom. The summed E-state index contributed by atoms with van der Waals surface area (Å²) in [7, 11) is -3.59. The van der Waals surface area contributed by atoms with Crippen molar-refractivity contribution in [1.82, 2.24) is 29.0 Å². The minimum atomic E-state index is -3.59. The quantitative estimate of drug-likeness (QED) is 0.908. The molecule has 114 valence electrons. The van der Waals surface area contributed by atoms with Crippen molar-refractivity contribution < 1.29 is 8.42 Å². The lowest BCUT2D eigenvalue weighted by Gasteiger charge is -2.32. The standard InChI is InChI=1S/C12H18N6O2S/c1-8(2)11-15-16-12-9(3)18(5-4-17(11)12)21(19,20)10-6-13-7-14-10/h6-9H,4-5H2,1-3H3,(H,13,14). The summed E-state index contributed by atoms with van der Waals surface area (Å²) in [4.78, 5) is 6.44. The van der Waals surface area contributed by atoms with Gasteiger partial charge in [0.1, 0.15) is 5.82 Å². The largest absolute Gasteiger partial charge is 0.335 e. The smallest absolute Gasteiger partial charge is 0.260 e. The third-order valence-electron chi connectivity index (χ3n) is 3.73. The van der Waals surface area contributed by atoms with Crippen molar-refractivity contribution in [3.63, 3.8) is 0 Å². The molecule has 21 heavy (non-hydrogen) atoms. The molecule has 1 atom stereocenters. The van der Waals surface area contributed by atoms with E-state index in [4.69, 9.17) is 0 Å². The Morgan fingerprint density at radius 3 is 2.71 bits per heavy atom. The van der Waals surface area contributed by atoms with Gasteiger partial charge in [-0.1, -0.05) is 13.8 Å². The first kappa shape index (κ1) is 14.2. The monoisotopic (exact) mass is 310 g/mol. The number of nitrogens with one attached hydrogen (secondary N) is 1. The SMILES string of the molecule is CC(C)c1nnc2n1CCN(S(=O)(=O)c1cnc[nH]1)C2C. The molecule has 2 aromatic rings. The van der Waals surface area contributed by atoms with E-state index in [0.717, 1.165) is 5.82 Å². The van der Waals surface area contributed by atoms with Crippen LogP contribution < -0.4 is 0 Å². The van der Waals surface area contributed by atoms with Crippen LogP contribution in [0.4, 0.5) is 0 Å². The second-order valence-corrected chi connectivity index (χ2v) is 7.29. The maximum atomic E-state index is 12.6. The summed E-state index contributed by atoms with van der Waals surface area (Å²) in [6.45, 7) is 6.89. The number of aromatic amines is 1. The van der Waals surface area contributed by atoms with E-state index in [9.17, 15) is 8.42 Å². The summed E-state index contributed by atoms with van der Waals surface area (Å²) in [5.41, 5.74) is 0. The molecule has 1 unspecified atom stereocenters. The van der Waals surface area contributed by atoms with Gasteiger partial charge in [-0.3, -0.25) is 0 Å². The van der Waals surface area contributed by atoms with Crippen molar-refractivity contribution in [2.75, 3.05) is 6.54 Å². The average molecular weight is 310 g/mol. The molecule has 1 N–H and O–H groups in total. The molecule has 0 saturated carbocycles. The highest BCUT2D eigenvalue weighted by Crippen LogP contribution is 2.30. The second kappa shape index (κ2) is 4.92. The van der Waals surface area contributed by atoms with E-state index in [1.54, 1.807) is 0 Å². The van der Waals surface area contributed by atoms with Crippen molar-refractivity contribution >= 4 is 10.0 Å².